The SMILES string of the molecule is O=C(NC1CCNC12CCC2)c1cc2c(o1)CCCC2. The molecule has 1 saturated carbocycles. The van der Waals surface area contributed by atoms with Gasteiger partial charge in [-0.1, -0.05) is 0 Å². The fraction of sp³-hybridized carbons (Fsp3) is 0.688. The lowest BCUT2D eigenvalue weighted by Crippen LogP contribution is -2.59. The first-order valence-electron chi connectivity index (χ1n) is 7.94. The highest BCUT2D eigenvalue weighted by atomic mass is 16.4. The molecule has 2 aliphatic carbocycles. The molecule has 20 heavy (non-hydrogen) atoms. The molecule has 1 unspecified atom stereocenters. The lowest BCUT2D eigenvalue weighted by Gasteiger charge is -2.43. The van der Waals surface area contributed by atoms with Crippen LogP contribution in [0.5, 0.6) is 0 Å². The molecule has 1 atom stereocenters. The lowest BCUT2D eigenvalue weighted by molar-refractivity contribution is 0.0852. The average Bonchev–Trinajstić information content (AvgIpc) is 3.00. The molecule has 0 radical (unpaired) electrons. The summed E-state index contributed by atoms with van der Waals surface area (Å²) < 4.78 is 5.77. The highest BCUT2D eigenvalue weighted by Crippen LogP contribution is 2.39. The molecular weight excluding hydrogens is 252 g/mol. The molecule has 2 fully saturated rings. The average molecular weight is 274 g/mol. The van der Waals surface area contributed by atoms with E-state index in [4.69, 9.17) is 4.42 Å². The van der Waals surface area contributed by atoms with E-state index >= 15 is 0 Å². The van der Waals surface area contributed by atoms with Gasteiger partial charge in [0.25, 0.3) is 5.91 Å². The van der Waals surface area contributed by atoms with E-state index in [1.807, 2.05) is 6.07 Å². The molecule has 1 saturated heterocycles. The first kappa shape index (κ1) is 12.5. The van der Waals surface area contributed by atoms with E-state index in [9.17, 15) is 4.79 Å². The van der Waals surface area contributed by atoms with Gasteiger partial charge in [0.1, 0.15) is 5.76 Å². The fourth-order valence-electron chi connectivity index (χ4n) is 3.99. The Bertz CT molecular complexity index is 507. The minimum atomic E-state index is -0.0284. The molecule has 3 aliphatic rings. The second-order valence-electron chi connectivity index (χ2n) is 6.52. The maximum absolute atomic E-state index is 12.4. The number of aryl methyl sites for hydroxylation is 2. The number of rotatable bonds is 2. The summed E-state index contributed by atoms with van der Waals surface area (Å²) in [5, 5.41) is 6.78. The molecular formula is C16H22N2O2. The zero-order chi connectivity index (χ0) is 13.6. The summed E-state index contributed by atoms with van der Waals surface area (Å²) in [6.07, 6.45) is 9.11. The summed E-state index contributed by atoms with van der Waals surface area (Å²) in [5.74, 6) is 1.52. The van der Waals surface area contributed by atoms with Crippen LogP contribution in [0.25, 0.3) is 0 Å². The summed E-state index contributed by atoms with van der Waals surface area (Å²) in [7, 11) is 0. The standard InChI is InChI=1S/C16H22N2O2/c19-15(13-10-11-4-1-2-5-12(11)20-13)18-14-6-9-17-16(14)7-3-8-16/h10,14,17H,1-9H2,(H,18,19). The van der Waals surface area contributed by atoms with E-state index in [2.05, 4.69) is 10.6 Å². The smallest absolute Gasteiger partial charge is 0.287 e. The van der Waals surface area contributed by atoms with Crippen LogP contribution in [-0.4, -0.2) is 24.0 Å². The molecule has 4 rings (SSSR count). The van der Waals surface area contributed by atoms with Gasteiger partial charge in [-0.15, -0.1) is 0 Å². The topological polar surface area (TPSA) is 54.3 Å². The monoisotopic (exact) mass is 274 g/mol. The number of hydrogen-bond acceptors (Lipinski definition) is 3. The third-order valence-corrected chi connectivity index (χ3v) is 5.35. The normalized spacial score (nSPS) is 27.1. The number of furan rings is 1. The van der Waals surface area contributed by atoms with Crippen molar-refractivity contribution in [2.24, 2.45) is 0 Å². The third-order valence-electron chi connectivity index (χ3n) is 5.35. The van der Waals surface area contributed by atoms with Crippen molar-refractivity contribution < 1.29 is 9.21 Å². The van der Waals surface area contributed by atoms with Crippen LogP contribution in [0.15, 0.2) is 10.5 Å². The fourth-order valence-corrected chi connectivity index (χ4v) is 3.99. The summed E-state index contributed by atoms with van der Waals surface area (Å²) in [4.78, 5) is 12.4. The van der Waals surface area contributed by atoms with Gasteiger partial charge in [-0.25, -0.2) is 0 Å². The number of fused-ring (bicyclic) bond motifs is 1. The Morgan fingerprint density at radius 1 is 1.30 bits per heavy atom. The molecule has 108 valence electrons. The number of carbonyl (C=O) groups excluding carboxylic acids is 1. The zero-order valence-corrected chi connectivity index (χ0v) is 11.8. The molecule has 1 amide bonds. The summed E-state index contributed by atoms with van der Waals surface area (Å²) >= 11 is 0. The zero-order valence-electron chi connectivity index (χ0n) is 11.8. The van der Waals surface area contributed by atoms with Gasteiger partial charge >= 0.3 is 0 Å². The van der Waals surface area contributed by atoms with Crippen molar-refractivity contribution in [1.82, 2.24) is 10.6 Å². The highest BCUT2D eigenvalue weighted by Gasteiger charge is 2.47. The van der Waals surface area contributed by atoms with E-state index in [0.29, 0.717) is 5.76 Å². The van der Waals surface area contributed by atoms with E-state index in [-0.39, 0.29) is 17.5 Å². The quantitative estimate of drug-likeness (QED) is 0.869. The van der Waals surface area contributed by atoms with Gasteiger partial charge in [0, 0.05) is 18.0 Å². The maximum Gasteiger partial charge on any atom is 0.287 e. The van der Waals surface area contributed by atoms with Crippen LogP contribution in [0.3, 0.4) is 0 Å². The maximum atomic E-state index is 12.4. The second-order valence-corrected chi connectivity index (χ2v) is 6.52. The van der Waals surface area contributed by atoms with Crippen LogP contribution in [0.2, 0.25) is 0 Å². The van der Waals surface area contributed by atoms with Crippen LogP contribution in [-0.2, 0) is 12.8 Å². The molecule has 4 nitrogen and oxygen atoms in total. The van der Waals surface area contributed by atoms with Gasteiger partial charge in [0.15, 0.2) is 5.76 Å². The summed E-state index contributed by atoms with van der Waals surface area (Å²) in [5.41, 5.74) is 1.42. The molecule has 1 aliphatic heterocycles. The van der Waals surface area contributed by atoms with Crippen molar-refractivity contribution in [3.05, 3.63) is 23.2 Å². The second kappa shape index (κ2) is 4.62. The molecule has 1 aromatic rings. The van der Waals surface area contributed by atoms with Gasteiger partial charge < -0.3 is 15.1 Å². The summed E-state index contributed by atoms with van der Waals surface area (Å²) in [6, 6.07) is 2.23. The van der Waals surface area contributed by atoms with E-state index in [1.165, 1.54) is 37.7 Å². The molecule has 4 heteroatoms. The molecule has 1 spiro atoms. The van der Waals surface area contributed by atoms with Crippen LogP contribution >= 0.6 is 0 Å². The van der Waals surface area contributed by atoms with Crippen molar-refractivity contribution in [2.45, 2.75) is 62.9 Å². The Morgan fingerprint density at radius 2 is 2.15 bits per heavy atom. The van der Waals surface area contributed by atoms with Crippen LogP contribution < -0.4 is 10.6 Å². The molecule has 1 aromatic heterocycles. The minimum absolute atomic E-state index is 0.0284. The highest BCUT2D eigenvalue weighted by molar-refractivity contribution is 5.92. The Labute approximate surface area is 119 Å². The molecule has 2 N–H and O–H groups in total. The summed E-state index contributed by atoms with van der Waals surface area (Å²) in [6.45, 7) is 1.01. The lowest BCUT2D eigenvalue weighted by atomic mass is 9.73. The number of amides is 1. The van der Waals surface area contributed by atoms with E-state index < -0.39 is 0 Å². The van der Waals surface area contributed by atoms with E-state index in [0.717, 1.165) is 31.6 Å². The first-order valence-corrected chi connectivity index (χ1v) is 7.94. The van der Waals surface area contributed by atoms with Crippen molar-refractivity contribution in [2.75, 3.05) is 6.54 Å². The van der Waals surface area contributed by atoms with Crippen LogP contribution in [0, 0.1) is 0 Å². The van der Waals surface area contributed by atoms with Crippen LogP contribution in [0.1, 0.15) is 60.4 Å². The number of hydrogen-bond donors (Lipinski definition) is 2. The first-order chi connectivity index (χ1) is 9.77. The van der Waals surface area contributed by atoms with Gasteiger partial charge in [-0.2, -0.15) is 0 Å². The van der Waals surface area contributed by atoms with Crippen molar-refractivity contribution >= 4 is 5.91 Å². The van der Waals surface area contributed by atoms with E-state index in [1.54, 1.807) is 0 Å². The van der Waals surface area contributed by atoms with Crippen molar-refractivity contribution in [3.8, 4) is 0 Å². The van der Waals surface area contributed by atoms with Gasteiger partial charge in [0.05, 0.1) is 0 Å². The molecule has 0 bridgehead atoms. The van der Waals surface area contributed by atoms with Gasteiger partial charge in [0.2, 0.25) is 0 Å². The van der Waals surface area contributed by atoms with Crippen molar-refractivity contribution in [3.63, 3.8) is 0 Å². The van der Waals surface area contributed by atoms with Crippen LogP contribution in [0.4, 0.5) is 0 Å². The minimum Gasteiger partial charge on any atom is -0.456 e. The predicted molar refractivity (Wildman–Crippen MR) is 75.8 cm³/mol. The molecule has 2 heterocycles. The van der Waals surface area contributed by atoms with Crippen molar-refractivity contribution in [1.29, 1.82) is 0 Å². The van der Waals surface area contributed by atoms with Gasteiger partial charge in [-0.05, 0) is 63.1 Å². The number of carbonyl (C=O) groups is 1. The largest absolute Gasteiger partial charge is 0.456 e. The Balaban J connectivity index is 1.48. The third kappa shape index (κ3) is 1.89. The Morgan fingerprint density at radius 3 is 2.90 bits per heavy atom. The Hall–Kier alpha value is -1.29. The predicted octanol–water partition coefficient (Wildman–Crippen LogP) is 2.17. The Kier molecular flexibility index (Phi) is 2.88. The number of nitrogens with one attached hydrogen (secondary N) is 2. The molecule has 0 aromatic carbocycles. The van der Waals surface area contributed by atoms with Gasteiger partial charge in [-0.3, -0.25) is 4.79 Å².